The fraction of sp³-hybridized carbons (Fsp3) is 0.316. The van der Waals surface area contributed by atoms with Gasteiger partial charge in [-0.3, -0.25) is 4.79 Å². The number of phenolic OH excluding ortho intramolecular Hbond substituents is 1. The van der Waals surface area contributed by atoms with Crippen LogP contribution in [0.15, 0.2) is 36.4 Å². The lowest BCUT2D eigenvalue weighted by Crippen LogP contribution is -2.30. The Morgan fingerprint density at radius 1 is 1.08 bits per heavy atom. The molecule has 0 spiro atoms. The van der Waals surface area contributed by atoms with Crippen LogP contribution in [-0.4, -0.2) is 17.6 Å². The van der Waals surface area contributed by atoms with Gasteiger partial charge in [0, 0.05) is 23.9 Å². The fourth-order valence-electron chi connectivity index (χ4n) is 3.22. The molecule has 0 fully saturated rings. The van der Waals surface area contributed by atoms with Gasteiger partial charge in [0.1, 0.15) is 5.75 Å². The lowest BCUT2D eigenvalue weighted by atomic mass is 9.92. The molecule has 1 heterocycles. The Bertz CT molecular complexity index is 776. The zero-order valence-corrected chi connectivity index (χ0v) is 14.9. The normalized spacial score (nSPS) is 16.5. The summed E-state index contributed by atoms with van der Waals surface area (Å²) in [5, 5.41) is 10.9. The molecule has 3 rings (SSSR count). The number of carbonyl (C=O) groups excluding carboxylic acids is 1. The van der Waals surface area contributed by atoms with Crippen molar-refractivity contribution in [2.24, 2.45) is 0 Å². The molecule has 3 nitrogen and oxygen atoms in total. The number of amides is 1. The summed E-state index contributed by atoms with van der Waals surface area (Å²) >= 11 is 12.1. The standard InChI is InChI=1S/C19H19Cl2NO2/c1-2-3-6-9-22-16-8-5-4-7-12(16)18(19(22)24)13-10-14(20)15(21)11-17(13)23/h4-5,7-8,10-11,18,23H,2-3,6,9H2,1H3. The minimum atomic E-state index is -0.544. The van der Waals surface area contributed by atoms with Crippen LogP contribution in [0.3, 0.4) is 0 Å². The molecule has 0 radical (unpaired) electrons. The third-order valence-corrected chi connectivity index (χ3v) is 5.14. The van der Waals surface area contributed by atoms with Gasteiger partial charge in [-0.15, -0.1) is 0 Å². The van der Waals surface area contributed by atoms with Crippen LogP contribution < -0.4 is 4.90 Å². The second kappa shape index (κ2) is 7.04. The molecule has 1 atom stereocenters. The summed E-state index contributed by atoms with van der Waals surface area (Å²) in [5.41, 5.74) is 2.31. The van der Waals surface area contributed by atoms with Gasteiger partial charge in [0.2, 0.25) is 5.91 Å². The second-order valence-electron chi connectivity index (χ2n) is 6.01. The van der Waals surface area contributed by atoms with Crippen molar-refractivity contribution in [2.45, 2.75) is 32.1 Å². The van der Waals surface area contributed by atoms with Crippen LogP contribution in [0, 0.1) is 0 Å². The summed E-state index contributed by atoms with van der Waals surface area (Å²) < 4.78 is 0. The van der Waals surface area contributed by atoms with Crippen molar-refractivity contribution in [2.75, 3.05) is 11.4 Å². The molecule has 126 valence electrons. The van der Waals surface area contributed by atoms with E-state index in [1.807, 2.05) is 29.2 Å². The molecule has 0 saturated carbocycles. The summed E-state index contributed by atoms with van der Waals surface area (Å²) in [5.74, 6) is -0.577. The smallest absolute Gasteiger partial charge is 0.239 e. The van der Waals surface area contributed by atoms with Gasteiger partial charge in [0.25, 0.3) is 0 Å². The Morgan fingerprint density at radius 3 is 2.54 bits per heavy atom. The van der Waals surface area contributed by atoms with Crippen molar-refractivity contribution in [1.29, 1.82) is 0 Å². The van der Waals surface area contributed by atoms with Gasteiger partial charge >= 0.3 is 0 Å². The number of nitrogens with zero attached hydrogens (tertiary/aromatic N) is 1. The maximum Gasteiger partial charge on any atom is 0.239 e. The molecule has 0 bridgehead atoms. The van der Waals surface area contributed by atoms with E-state index in [9.17, 15) is 9.90 Å². The molecule has 1 aliphatic rings. The summed E-state index contributed by atoms with van der Waals surface area (Å²) in [6.45, 7) is 2.82. The molecule has 5 heteroatoms. The summed E-state index contributed by atoms with van der Waals surface area (Å²) in [6.07, 6.45) is 3.13. The van der Waals surface area contributed by atoms with E-state index in [0.29, 0.717) is 17.1 Å². The number of hydrogen-bond acceptors (Lipinski definition) is 2. The molecule has 1 N–H and O–H groups in total. The molecule has 2 aromatic rings. The second-order valence-corrected chi connectivity index (χ2v) is 6.83. The number of aromatic hydroxyl groups is 1. The number of fused-ring (bicyclic) bond motifs is 1. The number of unbranched alkanes of at least 4 members (excludes halogenated alkanes) is 2. The van der Waals surface area contributed by atoms with Crippen LogP contribution in [-0.2, 0) is 4.79 Å². The first-order valence-electron chi connectivity index (χ1n) is 8.12. The number of para-hydroxylation sites is 1. The topological polar surface area (TPSA) is 40.5 Å². The zero-order chi connectivity index (χ0) is 17.3. The fourth-order valence-corrected chi connectivity index (χ4v) is 3.55. The molecular formula is C19H19Cl2NO2. The highest BCUT2D eigenvalue weighted by Gasteiger charge is 2.39. The predicted octanol–water partition coefficient (Wildman–Crippen LogP) is 5.37. The van der Waals surface area contributed by atoms with Crippen molar-refractivity contribution in [3.8, 4) is 5.75 Å². The number of halogens is 2. The first kappa shape index (κ1) is 17.1. The number of hydrogen-bond donors (Lipinski definition) is 1. The highest BCUT2D eigenvalue weighted by molar-refractivity contribution is 6.42. The third kappa shape index (κ3) is 2.99. The van der Waals surface area contributed by atoms with Gasteiger partial charge in [-0.1, -0.05) is 61.2 Å². The molecule has 0 saturated heterocycles. The molecule has 0 aliphatic carbocycles. The van der Waals surface area contributed by atoms with Gasteiger partial charge in [0.05, 0.1) is 16.0 Å². The van der Waals surface area contributed by atoms with Crippen molar-refractivity contribution in [1.82, 2.24) is 0 Å². The average molecular weight is 364 g/mol. The lowest BCUT2D eigenvalue weighted by molar-refractivity contribution is -0.118. The average Bonchev–Trinajstić information content (AvgIpc) is 2.84. The monoisotopic (exact) mass is 363 g/mol. The van der Waals surface area contributed by atoms with Crippen molar-refractivity contribution in [3.63, 3.8) is 0 Å². The molecule has 24 heavy (non-hydrogen) atoms. The first-order chi connectivity index (χ1) is 11.5. The Balaban J connectivity index is 2.03. The third-order valence-electron chi connectivity index (χ3n) is 4.42. The van der Waals surface area contributed by atoms with E-state index in [1.165, 1.54) is 6.07 Å². The van der Waals surface area contributed by atoms with Gasteiger partial charge in [-0.25, -0.2) is 0 Å². The van der Waals surface area contributed by atoms with Crippen LogP contribution in [0.25, 0.3) is 0 Å². The Hall–Kier alpha value is -1.71. The van der Waals surface area contributed by atoms with Crippen LogP contribution in [0.4, 0.5) is 5.69 Å². The van der Waals surface area contributed by atoms with Crippen LogP contribution in [0.2, 0.25) is 10.0 Å². The van der Waals surface area contributed by atoms with Crippen molar-refractivity contribution < 1.29 is 9.90 Å². The van der Waals surface area contributed by atoms with Gasteiger partial charge in [-0.05, 0) is 24.1 Å². The Morgan fingerprint density at radius 2 is 1.79 bits per heavy atom. The first-order valence-corrected chi connectivity index (χ1v) is 8.88. The maximum atomic E-state index is 13.0. The van der Waals surface area contributed by atoms with E-state index < -0.39 is 5.92 Å². The molecular weight excluding hydrogens is 345 g/mol. The van der Waals surface area contributed by atoms with E-state index >= 15 is 0 Å². The Kier molecular flexibility index (Phi) is 5.02. The van der Waals surface area contributed by atoms with E-state index in [2.05, 4.69) is 6.92 Å². The van der Waals surface area contributed by atoms with Crippen molar-refractivity contribution in [3.05, 3.63) is 57.6 Å². The van der Waals surface area contributed by atoms with Crippen molar-refractivity contribution >= 4 is 34.8 Å². The molecule has 0 aromatic heterocycles. The molecule has 1 aliphatic heterocycles. The lowest BCUT2D eigenvalue weighted by Gasteiger charge is -2.18. The van der Waals surface area contributed by atoms with Crippen LogP contribution in [0.5, 0.6) is 5.75 Å². The van der Waals surface area contributed by atoms with Gasteiger partial charge in [0.15, 0.2) is 0 Å². The minimum Gasteiger partial charge on any atom is -0.508 e. The summed E-state index contributed by atoms with van der Waals surface area (Å²) in [4.78, 5) is 14.9. The maximum absolute atomic E-state index is 13.0. The highest BCUT2D eigenvalue weighted by Crippen LogP contribution is 2.45. The SMILES string of the molecule is CCCCCN1C(=O)C(c2cc(Cl)c(Cl)cc2O)c2ccccc21. The molecule has 1 unspecified atom stereocenters. The summed E-state index contributed by atoms with van der Waals surface area (Å²) in [7, 11) is 0. The highest BCUT2D eigenvalue weighted by atomic mass is 35.5. The van der Waals surface area contributed by atoms with Crippen LogP contribution in [0.1, 0.15) is 43.2 Å². The number of rotatable bonds is 5. The molecule has 1 amide bonds. The molecule has 2 aromatic carbocycles. The predicted molar refractivity (Wildman–Crippen MR) is 98.3 cm³/mol. The number of phenols is 1. The van der Waals surface area contributed by atoms with E-state index in [4.69, 9.17) is 23.2 Å². The van der Waals surface area contributed by atoms with Gasteiger partial charge < -0.3 is 10.0 Å². The minimum absolute atomic E-state index is 0.00652. The summed E-state index contributed by atoms with van der Waals surface area (Å²) in [6, 6.07) is 10.7. The largest absolute Gasteiger partial charge is 0.508 e. The number of benzene rings is 2. The van der Waals surface area contributed by atoms with E-state index in [-0.39, 0.29) is 16.7 Å². The quantitative estimate of drug-likeness (QED) is 0.725. The number of carbonyl (C=O) groups is 1. The zero-order valence-electron chi connectivity index (χ0n) is 13.4. The van der Waals surface area contributed by atoms with E-state index in [1.54, 1.807) is 6.07 Å². The number of anilines is 1. The van der Waals surface area contributed by atoms with Gasteiger partial charge in [-0.2, -0.15) is 0 Å². The Labute approximate surface area is 151 Å². The van der Waals surface area contributed by atoms with E-state index in [0.717, 1.165) is 30.5 Å². The van der Waals surface area contributed by atoms with Crippen LogP contribution >= 0.6 is 23.2 Å².